The highest BCUT2D eigenvalue weighted by molar-refractivity contribution is 5.59. The van der Waals surface area contributed by atoms with Gasteiger partial charge in [-0.15, -0.1) is 0 Å². The molecule has 0 aliphatic carbocycles. The highest BCUT2D eigenvalue weighted by Gasteiger charge is 2.31. The van der Waals surface area contributed by atoms with E-state index >= 15 is 0 Å². The van der Waals surface area contributed by atoms with Crippen molar-refractivity contribution in [1.29, 1.82) is 0 Å². The van der Waals surface area contributed by atoms with Crippen molar-refractivity contribution in [1.82, 2.24) is 0 Å². The summed E-state index contributed by atoms with van der Waals surface area (Å²) in [6, 6.07) is 19.7. The minimum absolute atomic E-state index is 0.0136. The van der Waals surface area contributed by atoms with E-state index in [-0.39, 0.29) is 22.2 Å². The average Bonchev–Trinajstić information content (AvgIpc) is 2.82. The Morgan fingerprint density at radius 2 is 0.676 bits per heavy atom. The molecule has 3 aromatic carbocycles. The fourth-order valence-corrected chi connectivity index (χ4v) is 4.78. The maximum atomic E-state index is 6.00. The Morgan fingerprint density at radius 1 is 0.432 bits per heavy atom. The second-order valence-electron chi connectivity index (χ2n) is 13.1. The highest BCUT2D eigenvalue weighted by Crippen LogP contribution is 2.47. The van der Waals surface area contributed by atoms with Gasteiger partial charge in [0, 0.05) is 22.6 Å². The first-order valence-corrected chi connectivity index (χ1v) is 13.2. The summed E-state index contributed by atoms with van der Waals surface area (Å²) in [4.78, 5) is 0. The third-order valence-electron chi connectivity index (χ3n) is 7.22. The van der Waals surface area contributed by atoms with Gasteiger partial charge in [-0.1, -0.05) is 98.7 Å². The van der Waals surface area contributed by atoms with Crippen molar-refractivity contribution in [3.63, 3.8) is 0 Å². The van der Waals surface area contributed by atoms with Crippen LogP contribution in [0.15, 0.2) is 54.6 Å². The molecule has 0 atom stereocenters. The molecular formula is C34H46O3. The Balaban J connectivity index is 2.51. The summed E-state index contributed by atoms with van der Waals surface area (Å²) in [7, 11) is 5.24. The van der Waals surface area contributed by atoms with E-state index in [2.05, 4.69) is 117 Å². The molecule has 0 aliphatic rings. The Kier molecular flexibility index (Phi) is 8.08. The molecule has 0 spiro atoms. The molecule has 0 saturated carbocycles. The van der Waals surface area contributed by atoms with Crippen molar-refractivity contribution < 1.29 is 14.2 Å². The van der Waals surface area contributed by atoms with E-state index in [4.69, 9.17) is 14.2 Å². The van der Waals surface area contributed by atoms with E-state index < -0.39 is 0 Å². The van der Waals surface area contributed by atoms with Crippen molar-refractivity contribution in [2.75, 3.05) is 21.3 Å². The Hall–Kier alpha value is -2.94. The summed E-state index contributed by atoms with van der Waals surface area (Å²) in [5.41, 5.74) is 7.03. The monoisotopic (exact) mass is 502 g/mol. The average molecular weight is 503 g/mol. The molecule has 3 heteroatoms. The fraction of sp³-hybridized carbons (Fsp3) is 0.471. The number of rotatable bonds is 6. The SMILES string of the molecule is COc1ccc(C(C)(C)C)cc1C(c1cc(C(C)(C)C)ccc1OC)c1cc(C(C)(C)C)ccc1OC. The van der Waals surface area contributed by atoms with Crippen LogP contribution in [0.5, 0.6) is 17.2 Å². The minimum atomic E-state index is -0.160. The van der Waals surface area contributed by atoms with Crippen LogP contribution < -0.4 is 14.2 Å². The lowest BCUT2D eigenvalue weighted by Crippen LogP contribution is -2.17. The first-order valence-electron chi connectivity index (χ1n) is 13.2. The molecule has 0 aliphatic heterocycles. The molecule has 200 valence electrons. The van der Waals surface area contributed by atoms with Gasteiger partial charge in [-0.3, -0.25) is 0 Å². The first kappa shape index (κ1) is 28.6. The van der Waals surface area contributed by atoms with Crippen LogP contribution >= 0.6 is 0 Å². The predicted molar refractivity (Wildman–Crippen MR) is 156 cm³/mol. The molecule has 3 aromatic rings. The van der Waals surface area contributed by atoms with E-state index in [0.717, 1.165) is 33.9 Å². The van der Waals surface area contributed by atoms with Crippen LogP contribution in [0, 0.1) is 0 Å². The third-order valence-corrected chi connectivity index (χ3v) is 7.22. The molecule has 0 saturated heterocycles. The summed E-state index contributed by atoms with van der Waals surface area (Å²) in [6.07, 6.45) is 0. The lowest BCUT2D eigenvalue weighted by Gasteiger charge is -2.30. The van der Waals surface area contributed by atoms with Crippen LogP contribution in [-0.2, 0) is 16.2 Å². The molecule has 0 unspecified atom stereocenters. The quantitative estimate of drug-likeness (QED) is 0.315. The highest BCUT2D eigenvalue weighted by atomic mass is 16.5. The summed E-state index contributed by atoms with van der Waals surface area (Å²) in [5.74, 6) is 2.39. The minimum Gasteiger partial charge on any atom is -0.496 e. The van der Waals surface area contributed by atoms with Crippen molar-refractivity contribution in [2.45, 2.75) is 84.5 Å². The topological polar surface area (TPSA) is 27.7 Å². The smallest absolute Gasteiger partial charge is 0.123 e. The summed E-state index contributed by atoms with van der Waals surface area (Å²) in [6.45, 7) is 20.2. The zero-order chi connectivity index (χ0) is 27.8. The number of hydrogen-bond donors (Lipinski definition) is 0. The molecule has 0 N–H and O–H groups in total. The van der Waals surface area contributed by atoms with Crippen LogP contribution in [0.1, 0.15) is 102 Å². The Bertz CT molecular complexity index is 1080. The Morgan fingerprint density at radius 3 is 0.865 bits per heavy atom. The van der Waals surface area contributed by atoms with E-state index in [1.54, 1.807) is 21.3 Å². The summed E-state index contributed by atoms with van der Waals surface area (Å²) in [5, 5.41) is 0. The van der Waals surface area contributed by atoms with E-state index in [0.29, 0.717) is 0 Å². The predicted octanol–water partition coefficient (Wildman–Crippen LogP) is 8.79. The molecule has 3 nitrogen and oxygen atoms in total. The second-order valence-corrected chi connectivity index (χ2v) is 13.1. The molecule has 3 rings (SSSR count). The van der Waals surface area contributed by atoms with Crippen molar-refractivity contribution in [3.05, 3.63) is 88.0 Å². The molecule has 0 heterocycles. The number of hydrogen-bond acceptors (Lipinski definition) is 3. The van der Waals surface area contributed by atoms with Gasteiger partial charge in [0.25, 0.3) is 0 Å². The van der Waals surface area contributed by atoms with E-state index in [1.807, 2.05) is 0 Å². The molecule has 0 radical (unpaired) electrons. The van der Waals surface area contributed by atoms with Crippen LogP contribution in [0.2, 0.25) is 0 Å². The normalized spacial score (nSPS) is 12.6. The standard InChI is InChI=1S/C34H46O3/c1-32(2,3)22-13-16-28(35-10)25(19-22)31(26-20-23(33(4,5)6)14-17-29(26)36-11)27-21-24(34(7,8)9)15-18-30(27)37-12/h13-21,31H,1-12H3. The van der Waals surface area contributed by atoms with Crippen LogP contribution in [-0.4, -0.2) is 21.3 Å². The number of benzene rings is 3. The van der Waals surface area contributed by atoms with Crippen molar-refractivity contribution in [3.8, 4) is 17.2 Å². The summed E-state index contributed by atoms with van der Waals surface area (Å²) >= 11 is 0. The van der Waals surface area contributed by atoms with Gasteiger partial charge >= 0.3 is 0 Å². The molecular weight excluding hydrogens is 456 g/mol. The van der Waals surface area contributed by atoms with Gasteiger partial charge in [-0.05, 0) is 51.1 Å². The lowest BCUT2D eigenvalue weighted by atomic mass is 9.76. The molecule has 0 aromatic heterocycles. The molecule has 0 fully saturated rings. The zero-order valence-corrected chi connectivity index (χ0v) is 25.0. The van der Waals surface area contributed by atoms with Gasteiger partial charge in [-0.25, -0.2) is 0 Å². The van der Waals surface area contributed by atoms with Gasteiger partial charge in [-0.2, -0.15) is 0 Å². The molecule has 0 bridgehead atoms. The maximum Gasteiger partial charge on any atom is 0.123 e. The van der Waals surface area contributed by atoms with Crippen LogP contribution in [0.3, 0.4) is 0 Å². The van der Waals surface area contributed by atoms with E-state index in [9.17, 15) is 0 Å². The number of ether oxygens (including phenoxy) is 3. The van der Waals surface area contributed by atoms with Crippen molar-refractivity contribution >= 4 is 0 Å². The first-order chi connectivity index (χ1) is 17.1. The van der Waals surface area contributed by atoms with Gasteiger partial charge in [0.2, 0.25) is 0 Å². The largest absolute Gasteiger partial charge is 0.496 e. The van der Waals surface area contributed by atoms with Gasteiger partial charge in [0.05, 0.1) is 21.3 Å². The maximum absolute atomic E-state index is 6.00. The van der Waals surface area contributed by atoms with Crippen LogP contribution in [0.25, 0.3) is 0 Å². The van der Waals surface area contributed by atoms with Gasteiger partial charge in [0.15, 0.2) is 0 Å². The fourth-order valence-electron chi connectivity index (χ4n) is 4.78. The van der Waals surface area contributed by atoms with Crippen LogP contribution in [0.4, 0.5) is 0 Å². The van der Waals surface area contributed by atoms with E-state index in [1.165, 1.54) is 16.7 Å². The van der Waals surface area contributed by atoms with Gasteiger partial charge < -0.3 is 14.2 Å². The second kappa shape index (κ2) is 10.4. The van der Waals surface area contributed by atoms with Gasteiger partial charge in [0.1, 0.15) is 17.2 Å². The zero-order valence-electron chi connectivity index (χ0n) is 25.0. The third kappa shape index (κ3) is 6.14. The Labute approximate surface area is 225 Å². The number of methoxy groups -OCH3 is 3. The lowest BCUT2D eigenvalue weighted by molar-refractivity contribution is 0.395. The van der Waals surface area contributed by atoms with Crippen molar-refractivity contribution in [2.24, 2.45) is 0 Å². The molecule has 0 amide bonds. The molecule has 37 heavy (non-hydrogen) atoms. The summed E-state index contributed by atoms with van der Waals surface area (Å²) < 4.78 is 18.0.